The van der Waals surface area contributed by atoms with Crippen molar-refractivity contribution in [2.24, 2.45) is 0 Å². The van der Waals surface area contributed by atoms with E-state index >= 15 is 0 Å². The van der Waals surface area contributed by atoms with Crippen molar-refractivity contribution in [2.75, 3.05) is 20.1 Å². The minimum absolute atomic E-state index is 0.0248. The summed E-state index contributed by atoms with van der Waals surface area (Å²) in [6, 6.07) is 10.4. The number of nitrogens with one attached hydrogen (secondary N) is 2. The number of piperidine rings is 1. The maximum atomic E-state index is 13.7. The van der Waals surface area contributed by atoms with Crippen LogP contribution in [0.2, 0.25) is 0 Å². The molecular formula is C21H23F2N3O2. The maximum Gasteiger partial charge on any atom is 0.317 e. The van der Waals surface area contributed by atoms with E-state index in [2.05, 4.69) is 10.6 Å². The van der Waals surface area contributed by atoms with Gasteiger partial charge in [-0.05, 0) is 36.6 Å². The Bertz CT molecular complexity index is 872. The molecular weight excluding hydrogens is 364 g/mol. The summed E-state index contributed by atoms with van der Waals surface area (Å²) in [5.74, 6) is -1.51. The number of hydrogen-bond acceptors (Lipinski definition) is 2. The summed E-state index contributed by atoms with van der Waals surface area (Å²) >= 11 is 0. The van der Waals surface area contributed by atoms with E-state index < -0.39 is 11.6 Å². The van der Waals surface area contributed by atoms with Crippen molar-refractivity contribution in [1.82, 2.24) is 15.5 Å². The lowest BCUT2D eigenvalue weighted by Gasteiger charge is -2.32. The summed E-state index contributed by atoms with van der Waals surface area (Å²) in [4.78, 5) is 26.1. The molecule has 1 saturated heterocycles. The van der Waals surface area contributed by atoms with Crippen molar-refractivity contribution in [1.29, 1.82) is 0 Å². The van der Waals surface area contributed by atoms with Crippen LogP contribution < -0.4 is 10.6 Å². The van der Waals surface area contributed by atoms with Crippen LogP contribution in [-0.2, 0) is 6.54 Å². The molecule has 28 heavy (non-hydrogen) atoms. The lowest BCUT2D eigenvalue weighted by atomic mass is 9.89. The fourth-order valence-corrected chi connectivity index (χ4v) is 3.47. The first-order valence-corrected chi connectivity index (χ1v) is 9.26. The molecule has 1 aliphatic heterocycles. The molecule has 0 aliphatic carbocycles. The molecule has 3 amide bonds. The summed E-state index contributed by atoms with van der Waals surface area (Å²) in [5.41, 5.74) is 1.69. The van der Waals surface area contributed by atoms with Crippen LogP contribution in [0.15, 0.2) is 42.5 Å². The second-order valence-corrected chi connectivity index (χ2v) is 6.88. The number of carbonyl (C=O) groups is 2. The van der Waals surface area contributed by atoms with Crippen LogP contribution in [0.4, 0.5) is 13.6 Å². The largest absolute Gasteiger partial charge is 0.348 e. The Kier molecular flexibility index (Phi) is 6.23. The van der Waals surface area contributed by atoms with Gasteiger partial charge in [0.1, 0.15) is 11.6 Å². The molecule has 0 spiro atoms. The summed E-state index contributed by atoms with van der Waals surface area (Å²) in [6.07, 6.45) is 1.84. The number of amides is 3. The average molecular weight is 387 g/mol. The Balaban J connectivity index is 1.66. The molecule has 1 atom stereocenters. The lowest BCUT2D eigenvalue weighted by molar-refractivity contribution is 0.0950. The molecule has 2 aromatic carbocycles. The Morgan fingerprint density at radius 2 is 2.00 bits per heavy atom. The predicted octanol–water partition coefficient (Wildman–Crippen LogP) is 3.41. The molecule has 3 rings (SSSR count). The van der Waals surface area contributed by atoms with E-state index in [9.17, 15) is 18.4 Å². The number of hydrogen-bond donors (Lipinski definition) is 2. The van der Waals surface area contributed by atoms with Gasteiger partial charge < -0.3 is 15.5 Å². The van der Waals surface area contributed by atoms with Gasteiger partial charge in [-0.2, -0.15) is 0 Å². The predicted molar refractivity (Wildman–Crippen MR) is 102 cm³/mol. The van der Waals surface area contributed by atoms with Gasteiger partial charge in [-0.1, -0.05) is 18.2 Å². The van der Waals surface area contributed by atoms with Gasteiger partial charge in [0.2, 0.25) is 0 Å². The number of benzene rings is 2. The van der Waals surface area contributed by atoms with E-state index in [1.807, 2.05) is 18.2 Å². The monoisotopic (exact) mass is 387 g/mol. The maximum absolute atomic E-state index is 13.7. The molecule has 0 bridgehead atoms. The minimum Gasteiger partial charge on any atom is -0.348 e. The fraction of sp³-hybridized carbons (Fsp3) is 0.333. The molecule has 1 aliphatic rings. The number of urea groups is 1. The number of likely N-dealkylation sites (tertiary alicyclic amines) is 1. The molecule has 2 N–H and O–H groups in total. The normalized spacial score (nSPS) is 16.5. The highest BCUT2D eigenvalue weighted by Gasteiger charge is 2.24. The van der Waals surface area contributed by atoms with Crippen LogP contribution in [0.25, 0.3) is 0 Å². The fourth-order valence-electron chi connectivity index (χ4n) is 3.47. The summed E-state index contributed by atoms with van der Waals surface area (Å²) in [6.45, 7) is 1.30. The van der Waals surface area contributed by atoms with Crippen molar-refractivity contribution < 1.29 is 18.4 Å². The molecule has 148 valence electrons. The van der Waals surface area contributed by atoms with Gasteiger partial charge in [-0.25, -0.2) is 13.6 Å². The van der Waals surface area contributed by atoms with E-state index in [4.69, 9.17) is 0 Å². The third-order valence-corrected chi connectivity index (χ3v) is 5.00. The van der Waals surface area contributed by atoms with Gasteiger partial charge in [0.25, 0.3) is 5.91 Å². The first kappa shape index (κ1) is 19.8. The topological polar surface area (TPSA) is 61.4 Å². The van der Waals surface area contributed by atoms with E-state index in [0.29, 0.717) is 12.1 Å². The van der Waals surface area contributed by atoms with Gasteiger partial charge in [-0.15, -0.1) is 0 Å². The molecule has 1 heterocycles. The van der Waals surface area contributed by atoms with Crippen LogP contribution in [0.3, 0.4) is 0 Å². The van der Waals surface area contributed by atoms with E-state index in [1.54, 1.807) is 18.0 Å². The minimum atomic E-state index is -0.689. The zero-order valence-electron chi connectivity index (χ0n) is 15.7. The summed E-state index contributed by atoms with van der Waals surface area (Å²) in [7, 11) is 1.61. The van der Waals surface area contributed by atoms with Crippen molar-refractivity contribution >= 4 is 11.9 Å². The van der Waals surface area contributed by atoms with Crippen molar-refractivity contribution in [3.63, 3.8) is 0 Å². The second-order valence-electron chi connectivity index (χ2n) is 6.88. The first-order chi connectivity index (χ1) is 13.5. The third-order valence-electron chi connectivity index (χ3n) is 5.00. The lowest BCUT2D eigenvalue weighted by Crippen LogP contribution is -2.43. The standard InChI is InChI=1S/C21H23F2N3O2/c1-24-21(28)26-9-3-6-17(13-26)14-4-2-5-15(10-14)20(27)25-12-16-7-8-18(22)11-19(16)23/h2,4-5,7-8,10-11,17H,3,6,9,12-13H2,1H3,(H,24,28)(H,25,27)/t17-/m0/s1. The number of carbonyl (C=O) groups excluding carboxylic acids is 2. The van der Waals surface area contributed by atoms with Gasteiger partial charge >= 0.3 is 6.03 Å². The average Bonchev–Trinajstić information content (AvgIpc) is 2.72. The molecule has 7 heteroatoms. The SMILES string of the molecule is CNC(=O)N1CCC[C@H](c2cccc(C(=O)NCc3ccc(F)cc3F)c2)C1. The Morgan fingerprint density at radius 3 is 2.75 bits per heavy atom. The Morgan fingerprint density at radius 1 is 1.18 bits per heavy atom. The molecule has 0 radical (unpaired) electrons. The first-order valence-electron chi connectivity index (χ1n) is 9.26. The van der Waals surface area contributed by atoms with Gasteiger partial charge in [0, 0.05) is 49.8 Å². The molecule has 1 fully saturated rings. The zero-order valence-corrected chi connectivity index (χ0v) is 15.7. The van der Waals surface area contributed by atoms with Crippen molar-refractivity contribution in [3.8, 4) is 0 Å². The third kappa shape index (κ3) is 4.65. The zero-order chi connectivity index (χ0) is 20.1. The van der Waals surface area contributed by atoms with Crippen LogP contribution in [-0.4, -0.2) is 37.0 Å². The number of nitrogens with zero attached hydrogens (tertiary/aromatic N) is 1. The van der Waals surface area contributed by atoms with Crippen LogP contribution in [0.1, 0.15) is 40.2 Å². The Labute approximate surface area is 162 Å². The quantitative estimate of drug-likeness (QED) is 0.845. The molecule has 5 nitrogen and oxygen atoms in total. The van der Waals surface area contributed by atoms with Crippen LogP contribution in [0.5, 0.6) is 0 Å². The number of rotatable bonds is 4. The number of halogens is 2. The highest BCUT2D eigenvalue weighted by atomic mass is 19.1. The highest BCUT2D eigenvalue weighted by Crippen LogP contribution is 2.27. The summed E-state index contributed by atoms with van der Waals surface area (Å²) in [5, 5.41) is 5.31. The van der Waals surface area contributed by atoms with E-state index in [1.165, 1.54) is 6.07 Å². The Hall–Kier alpha value is -2.96. The van der Waals surface area contributed by atoms with Crippen molar-refractivity contribution in [3.05, 3.63) is 70.8 Å². The summed E-state index contributed by atoms with van der Waals surface area (Å²) < 4.78 is 26.7. The van der Waals surface area contributed by atoms with Gasteiger partial charge in [0.15, 0.2) is 0 Å². The molecule has 0 unspecified atom stereocenters. The van der Waals surface area contributed by atoms with Crippen LogP contribution >= 0.6 is 0 Å². The molecule has 0 aromatic heterocycles. The van der Waals surface area contributed by atoms with Gasteiger partial charge in [-0.3, -0.25) is 4.79 Å². The molecule has 0 saturated carbocycles. The van der Waals surface area contributed by atoms with Crippen LogP contribution in [0, 0.1) is 11.6 Å². The smallest absolute Gasteiger partial charge is 0.317 e. The highest BCUT2D eigenvalue weighted by molar-refractivity contribution is 5.94. The van der Waals surface area contributed by atoms with E-state index in [-0.39, 0.29) is 30.0 Å². The second kappa shape index (κ2) is 8.82. The van der Waals surface area contributed by atoms with E-state index in [0.717, 1.165) is 37.1 Å². The van der Waals surface area contributed by atoms with Crippen molar-refractivity contribution in [2.45, 2.75) is 25.3 Å². The van der Waals surface area contributed by atoms with Gasteiger partial charge in [0.05, 0.1) is 0 Å². The molecule has 2 aromatic rings.